The van der Waals surface area contributed by atoms with Crippen molar-refractivity contribution in [3.63, 3.8) is 0 Å². The maximum absolute atomic E-state index is 12.7. The van der Waals surface area contributed by atoms with Gasteiger partial charge >= 0.3 is 23.9 Å². The largest absolute Gasteiger partial charge is 0.461 e. The maximum Gasteiger partial charge on any atom is 0.333 e. The molecule has 0 saturated carbocycles. The third-order valence-corrected chi connectivity index (χ3v) is 5.09. The molecule has 0 spiro atoms. The van der Waals surface area contributed by atoms with Gasteiger partial charge in [0.05, 0.1) is 0 Å². The van der Waals surface area contributed by atoms with Gasteiger partial charge in [0.2, 0.25) is 12.4 Å². The molecule has 0 bridgehead atoms. The first-order valence-electron chi connectivity index (χ1n) is 11.6. The van der Waals surface area contributed by atoms with Crippen molar-refractivity contribution >= 4 is 23.9 Å². The van der Waals surface area contributed by atoms with Crippen LogP contribution in [0.25, 0.3) is 0 Å². The molecular weight excluding hydrogens is 496 g/mol. The van der Waals surface area contributed by atoms with E-state index < -0.39 is 61.2 Å². The van der Waals surface area contributed by atoms with E-state index in [1.165, 1.54) is 27.7 Å². The van der Waals surface area contributed by atoms with Crippen LogP contribution < -0.4 is 4.74 Å². The predicted octanol–water partition coefficient (Wildman–Crippen LogP) is 3.37. The highest BCUT2D eigenvalue weighted by atomic mass is 16.7. The summed E-state index contributed by atoms with van der Waals surface area (Å²) in [5, 5.41) is 0. The number of hydrogen-bond acceptors (Lipinski definition) is 10. The Bertz CT molecular complexity index is 1120. The van der Waals surface area contributed by atoms with Crippen molar-refractivity contribution in [2.75, 3.05) is 6.61 Å². The molecule has 10 nitrogen and oxygen atoms in total. The number of esters is 4. The molecule has 0 radical (unpaired) electrons. The van der Waals surface area contributed by atoms with Gasteiger partial charge in [0.1, 0.15) is 18.5 Å². The van der Waals surface area contributed by atoms with Gasteiger partial charge in [-0.05, 0) is 39.8 Å². The van der Waals surface area contributed by atoms with Gasteiger partial charge in [-0.15, -0.1) is 0 Å². The number of ether oxygens (including phenoxy) is 6. The van der Waals surface area contributed by atoms with Crippen LogP contribution in [0.3, 0.4) is 0 Å². The highest BCUT2D eigenvalue weighted by Crippen LogP contribution is 2.32. The fourth-order valence-corrected chi connectivity index (χ4v) is 3.10. The van der Waals surface area contributed by atoms with Gasteiger partial charge < -0.3 is 28.4 Å². The second-order valence-electron chi connectivity index (χ2n) is 8.80. The average molecular weight is 529 g/mol. The molecule has 1 heterocycles. The van der Waals surface area contributed by atoms with Crippen LogP contribution in [0.2, 0.25) is 0 Å². The fraction of sp³-hybridized carbons (Fsp3) is 0.357. The molecule has 38 heavy (non-hydrogen) atoms. The van der Waals surface area contributed by atoms with E-state index in [-0.39, 0.29) is 22.3 Å². The average Bonchev–Trinajstić information content (AvgIpc) is 2.85. The van der Waals surface area contributed by atoms with E-state index in [9.17, 15) is 19.2 Å². The zero-order chi connectivity index (χ0) is 28.6. The lowest BCUT2D eigenvalue weighted by Gasteiger charge is -2.44. The summed E-state index contributed by atoms with van der Waals surface area (Å²) in [4.78, 5) is 49.9. The van der Waals surface area contributed by atoms with Crippen LogP contribution in [0, 0.1) is 0 Å². The fourth-order valence-electron chi connectivity index (χ4n) is 3.10. The van der Waals surface area contributed by atoms with E-state index in [2.05, 4.69) is 26.3 Å². The summed E-state index contributed by atoms with van der Waals surface area (Å²) in [5.41, 5.74) is 0.219. The van der Waals surface area contributed by atoms with Gasteiger partial charge in [-0.1, -0.05) is 44.5 Å². The van der Waals surface area contributed by atoms with Crippen molar-refractivity contribution in [3.05, 3.63) is 78.9 Å². The van der Waals surface area contributed by atoms with Crippen LogP contribution in [0.5, 0.6) is 5.75 Å². The molecule has 0 N–H and O–H groups in total. The first-order chi connectivity index (χ1) is 17.8. The number of carbonyl (C=O) groups is 4. The molecule has 0 aliphatic carbocycles. The molecule has 1 aromatic rings. The second-order valence-corrected chi connectivity index (χ2v) is 8.80. The van der Waals surface area contributed by atoms with Gasteiger partial charge in [0.15, 0.2) is 12.2 Å². The van der Waals surface area contributed by atoms with E-state index in [4.69, 9.17) is 28.4 Å². The van der Waals surface area contributed by atoms with E-state index in [0.29, 0.717) is 5.75 Å². The molecule has 0 amide bonds. The molecule has 204 valence electrons. The van der Waals surface area contributed by atoms with E-state index in [1.807, 2.05) is 0 Å². The molecule has 1 saturated heterocycles. The third-order valence-electron chi connectivity index (χ3n) is 5.09. The third kappa shape index (κ3) is 8.17. The number of carbonyl (C=O) groups excluding carboxylic acids is 4. The maximum atomic E-state index is 12.7. The van der Waals surface area contributed by atoms with Crippen LogP contribution in [-0.2, 0) is 42.9 Å². The molecule has 0 unspecified atom stereocenters. The monoisotopic (exact) mass is 528 g/mol. The molecule has 1 aromatic carbocycles. The van der Waals surface area contributed by atoms with Crippen molar-refractivity contribution in [2.45, 2.75) is 58.4 Å². The summed E-state index contributed by atoms with van der Waals surface area (Å²) in [5.74, 6) is -2.95. The molecular formula is C28H32O10. The molecule has 1 aliphatic rings. The van der Waals surface area contributed by atoms with Gasteiger partial charge in [0, 0.05) is 22.3 Å². The van der Waals surface area contributed by atoms with Crippen LogP contribution in [-0.4, -0.2) is 61.2 Å². The molecule has 10 heteroatoms. The SMILES string of the molecule is C=C(C)C(=O)OC[C@H]1O[C@@H](Oc2ccccc2)[C@H](OC(=O)C(=C)C)[C@@H](OC(=O)C(=C)C)[C@@H]1OC(=O)C(=C)C. The van der Waals surface area contributed by atoms with Crippen molar-refractivity contribution < 1.29 is 47.6 Å². The Hall–Kier alpha value is -4.18. The number of para-hydroxylation sites is 1. The minimum Gasteiger partial charge on any atom is -0.461 e. The predicted molar refractivity (Wildman–Crippen MR) is 136 cm³/mol. The summed E-state index contributed by atoms with van der Waals surface area (Å²) < 4.78 is 34.0. The normalized spacial score (nSPS) is 22.3. The zero-order valence-electron chi connectivity index (χ0n) is 21.9. The van der Waals surface area contributed by atoms with Crippen molar-refractivity contribution in [1.29, 1.82) is 0 Å². The van der Waals surface area contributed by atoms with Gasteiger partial charge in [-0.2, -0.15) is 0 Å². The number of benzene rings is 1. The highest BCUT2D eigenvalue weighted by molar-refractivity contribution is 5.89. The Labute approximate surface area is 221 Å². The first-order valence-corrected chi connectivity index (χ1v) is 11.6. The van der Waals surface area contributed by atoms with Crippen LogP contribution >= 0.6 is 0 Å². The summed E-state index contributed by atoms with van der Waals surface area (Å²) >= 11 is 0. The minimum atomic E-state index is -1.47. The van der Waals surface area contributed by atoms with Crippen molar-refractivity contribution in [3.8, 4) is 5.75 Å². The lowest BCUT2D eigenvalue weighted by molar-refractivity contribution is -0.287. The van der Waals surface area contributed by atoms with Crippen LogP contribution in [0.15, 0.2) is 78.9 Å². The lowest BCUT2D eigenvalue weighted by Crippen LogP contribution is -2.64. The Morgan fingerprint density at radius 1 is 0.684 bits per heavy atom. The number of rotatable bonds is 11. The second kappa shape index (κ2) is 13.4. The first kappa shape index (κ1) is 30.0. The minimum absolute atomic E-state index is 0.0252. The Morgan fingerprint density at radius 2 is 1.13 bits per heavy atom. The Kier molecular flexibility index (Phi) is 10.6. The van der Waals surface area contributed by atoms with E-state index in [0.717, 1.165) is 0 Å². The van der Waals surface area contributed by atoms with Gasteiger partial charge in [-0.3, -0.25) is 0 Å². The van der Waals surface area contributed by atoms with Gasteiger partial charge in [0.25, 0.3) is 0 Å². The van der Waals surface area contributed by atoms with Crippen molar-refractivity contribution in [1.82, 2.24) is 0 Å². The smallest absolute Gasteiger partial charge is 0.333 e. The Morgan fingerprint density at radius 3 is 1.61 bits per heavy atom. The quantitative estimate of drug-likeness (QED) is 0.240. The summed E-state index contributed by atoms with van der Waals surface area (Å²) in [6.45, 7) is 19.5. The topological polar surface area (TPSA) is 124 Å². The Balaban J connectivity index is 2.60. The molecule has 0 aromatic heterocycles. The molecule has 1 aliphatic heterocycles. The summed E-state index contributed by atoms with van der Waals surface area (Å²) in [6.07, 6.45) is -6.95. The molecule has 2 rings (SSSR count). The number of hydrogen-bond donors (Lipinski definition) is 0. The van der Waals surface area contributed by atoms with Crippen molar-refractivity contribution in [2.24, 2.45) is 0 Å². The summed E-state index contributed by atoms with van der Waals surface area (Å²) in [6, 6.07) is 8.42. The lowest BCUT2D eigenvalue weighted by atomic mass is 9.97. The molecule has 1 fully saturated rings. The van der Waals surface area contributed by atoms with Crippen LogP contribution in [0.4, 0.5) is 0 Å². The van der Waals surface area contributed by atoms with E-state index in [1.54, 1.807) is 30.3 Å². The van der Waals surface area contributed by atoms with Gasteiger partial charge in [-0.25, -0.2) is 19.2 Å². The zero-order valence-corrected chi connectivity index (χ0v) is 21.9. The van der Waals surface area contributed by atoms with E-state index >= 15 is 0 Å². The summed E-state index contributed by atoms with van der Waals surface area (Å²) in [7, 11) is 0. The molecule has 5 atom stereocenters. The highest BCUT2D eigenvalue weighted by Gasteiger charge is 2.54. The van der Waals surface area contributed by atoms with Crippen LogP contribution in [0.1, 0.15) is 27.7 Å². The standard InChI is InChI=1S/C28H32O10/c1-15(2)24(29)33-14-20-21(36-25(30)16(3)4)22(37-26(31)17(5)6)23(38-27(32)18(7)8)28(35-20)34-19-12-10-9-11-13-19/h9-13,20-23,28H,1,3,5,7,14H2,2,4,6,8H3/t20-,21-,22+,23-,28-/m1/s1.